The Kier molecular flexibility index (Phi) is 3.61. The molecule has 0 bridgehead atoms. The van der Waals surface area contributed by atoms with Gasteiger partial charge < -0.3 is 15.2 Å². The van der Waals surface area contributed by atoms with Gasteiger partial charge >= 0.3 is 0 Å². The summed E-state index contributed by atoms with van der Waals surface area (Å²) in [6.07, 6.45) is 3.77. The van der Waals surface area contributed by atoms with Crippen molar-refractivity contribution in [1.82, 2.24) is 5.32 Å². The molecule has 1 aliphatic heterocycles. The number of carbonyl (C=O) groups excluding carboxylic acids is 1. The van der Waals surface area contributed by atoms with E-state index in [9.17, 15) is 9.90 Å². The second-order valence-electron chi connectivity index (χ2n) is 5.70. The number of carbonyl (C=O) groups is 1. The molecule has 5 heteroatoms. The van der Waals surface area contributed by atoms with Crippen LogP contribution in [0.5, 0.6) is 5.75 Å². The third-order valence-corrected chi connectivity index (χ3v) is 4.48. The molecule has 0 spiro atoms. The minimum absolute atomic E-state index is 0.00969. The molecule has 1 aromatic carbocycles. The Balaban J connectivity index is 1.68. The van der Waals surface area contributed by atoms with Crippen molar-refractivity contribution >= 4 is 17.5 Å². The maximum absolute atomic E-state index is 12.3. The summed E-state index contributed by atoms with van der Waals surface area (Å²) in [5, 5.41) is 13.2. The summed E-state index contributed by atoms with van der Waals surface area (Å²) in [5.74, 6) is 0.576. The highest BCUT2D eigenvalue weighted by atomic mass is 35.5. The van der Waals surface area contributed by atoms with Crippen molar-refractivity contribution in [2.24, 2.45) is 0 Å². The molecule has 2 aliphatic rings. The molecule has 0 saturated heterocycles. The molecule has 1 heterocycles. The number of nitrogens with one attached hydrogen (secondary N) is 1. The van der Waals surface area contributed by atoms with E-state index in [2.05, 4.69) is 5.32 Å². The van der Waals surface area contributed by atoms with Gasteiger partial charge in [-0.25, -0.2) is 0 Å². The normalized spacial score (nSPS) is 23.2. The Bertz CT molecular complexity index is 526. The van der Waals surface area contributed by atoms with Crippen LogP contribution >= 0.6 is 11.6 Å². The monoisotopic (exact) mass is 295 g/mol. The van der Waals surface area contributed by atoms with E-state index in [0.717, 1.165) is 37.0 Å². The molecule has 2 N–H and O–H groups in total. The number of aliphatic hydroxyl groups excluding tert-OH is 1. The van der Waals surface area contributed by atoms with Crippen LogP contribution in [0.4, 0.5) is 0 Å². The lowest BCUT2D eigenvalue weighted by molar-refractivity contribution is -0.129. The first kappa shape index (κ1) is 13.7. The molecule has 1 saturated carbocycles. The van der Waals surface area contributed by atoms with Crippen LogP contribution in [0.1, 0.15) is 31.2 Å². The lowest BCUT2D eigenvalue weighted by Crippen LogP contribution is -2.53. The molecular weight excluding hydrogens is 278 g/mol. The number of rotatable bonds is 3. The fourth-order valence-electron chi connectivity index (χ4n) is 3.08. The highest BCUT2D eigenvalue weighted by Crippen LogP contribution is 2.33. The van der Waals surface area contributed by atoms with Gasteiger partial charge in [-0.2, -0.15) is 0 Å². The molecule has 0 radical (unpaired) electrons. The van der Waals surface area contributed by atoms with E-state index in [1.807, 2.05) is 6.07 Å². The van der Waals surface area contributed by atoms with Crippen molar-refractivity contribution in [3.05, 3.63) is 28.8 Å². The van der Waals surface area contributed by atoms with E-state index < -0.39 is 11.6 Å². The van der Waals surface area contributed by atoms with Gasteiger partial charge in [0.2, 0.25) is 0 Å². The van der Waals surface area contributed by atoms with Crippen LogP contribution in [0, 0.1) is 0 Å². The fraction of sp³-hybridized carbons (Fsp3) is 0.533. The zero-order valence-electron chi connectivity index (χ0n) is 11.2. The molecule has 20 heavy (non-hydrogen) atoms. The van der Waals surface area contributed by atoms with Crippen LogP contribution in [0.3, 0.4) is 0 Å². The summed E-state index contributed by atoms with van der Waals surface area (Å²) < 4.78 is 5.67. The summed E-state index contributed by atoms with van der Waals surface area (Å²) in [6.45, 7) is -0.00969. The highest BCUT2D eigenvalue weighted by molar-refractivity contribution is 6.30. The minimum atomic E-state index is -0.521. The number of hydrogen-bond acceptors (Lipinski definition) is 3. The largest absolute Gasteiger partial charge is 0.480 e. The van der Waals surface area contributed by atoms with Gasteiger partial charge in [0.05, 0.1) is 12.1 Å². The smallest absolute Gasteiger partial charge is 0.261 e. The number of aliphatic hydroxyl groups is 1. The Hall–Kier alpha value is -1.26. The van der Waals surface area contributed by atoms with Gasteiger partial charge in [0.15, 0.2) is 6.10 Å². The number of halogens is 1. The Morgan fingerprint density at radius 3 is 2.90 bits per heavy atom. The lowest BCUT2D eigenvalue weighted by Gasteiger charge is -2.29. The van der Waals surface area contributed by atoms with E-state index in [1.54, 1.807) is 12.1 Å². The first-order valence-corrected chi connectivity index (χ1v) is 7.38. The lowest BCUT2D eigenvalue weighted by atomic mass is 9.98. The van der Waals surface area contributed by atoms with E-state index in [-0.39, 0.29) is 12.5 Å². The van der Waals surface area contributed by atoms with Crippen molar-refractivity contribution in [2.75, 3.05) is 6.61 Å². The topological polar surface area (TPSA) is 58.6 Å². The van der Waals surface area contributed by atoms with Crippen LogP contribution in [-0.2, 0) is 11.2 Å². The second-order valence-corrected chi connectivity index (χ2v) is 6.13. The third kappa shape index (κ3) is 2.50. The van der Waals surface area contributed by atoms with E-state index in [1.165, 1.54) is 0 Å². The van der Waals surface area contributed by atoms with Crippen LogP contribution in [0.15, 0.2) is 18.2 Å². The van der Waals surface area contributed by atoms with Crippen molar-refractivity contribution in [1.29, 1.82) is 0 Å². The maximum atomic E-state index is 12.3. The maximum Gasteiger partial charge on any atom is 0.261 e. The molecule has 1 atom stereocenters. The molecule has 1 fully saturated rings. The van der Waals surface area contributed by atoms with Gasteiger partial charge in [0, 0.05) is 11.4 Å². The number of hydrogen-bond donors (Lipinski definition) is 2. The molecule has 1 aliphatic carbocycles. The molecule has 1 amide bonds. The summed E-state index contributed by atoms with van der Waals surface area (Å²) in [6, 6.07) is 5.39. The van der Waals surface area contributed by atoms with Crippen LogP contribution < -0.4 is 10.1 Å². The van der Waals surface area contributed by atoms with Gasteiger partial charge in [0.25, 0.3) is 5.91 Å². The predicted octanol–water partition coefficient (Wildman–Crippen LogP) is 2.06. The average Bonchev–Trinajstić information content (AvgIpc) is 3.05. The predicted molar refractivity (Wildman–Crippen MR) is 76.0 cm³/mol. The molecular formula is C15H18ClNO3. The fourth-order valence-corrected chi connectivity index (χ4v) is 3.27. The summed E-state index contributed by atoms with van der Waals surface area (Å²) >= 11 is 5.94. The van der Waals surface area contributed by atoms with Crippen LogP contribution in [0.25, 0.3) is 0 Å². The van der Waals surface area contributed by atoms with Crippen molar-refractivity contribution in [2.45, 2.75) is 43.7 Å². The third-order valence-electron chi connectivity index (χ3n) is 4.24. The van der Waals surface area contributed by atoms with Gasteiger partial charge in [0.1, 0.15) is 5.75 Å². The SMILES string of the molecule is O=C(NC1(CO)CCCC1)C1Cc2cc(Cl)ccc2O1. The number of fused-ring (bicyclic) bond motifs is 1. The van der Waals surface area contributed by atoms with Crippen molar-refractivity contribution in [3.8, 4) is 5.75 Å². The molecule has 0 aromatic heterocycles. The zero-order chi connectivity index (χ0) is 14.2. The molecule has 108 valence electrons. The quantitative estimate of drug-likeness (QED) is 0.897. The van der Waals surface area contributed by atoms with Gasteiger partial charge in [-0.3, -0.25) is 4.79 Å². The number of ether oxygens (including phenoxy) is 1. The second kappa shape index (κ2) is 5.26. The zero-order valence-corrected chi connectivity index (χ0v) is 11.9. The van der Waals surface area contributed by atoms with E-state index in [4.69, 9.17) is 16.3 Å². The van der Waals surface area contributed by atoms with Crippen LogP contribution in [-0.4, -0.2) is 29.3 Å². The molecule has 3 rings (SSSR count). The van der Waals surface area contributed by atoms with E-state index >= 15 is 0 Å². The van der Waals surface area contributed by atoms with Gasteiger partial charge in [-0.15, -0.1) is 0 Å². The van der Waals surface area contributed by atoms with Gasteiger partial charge in [-0.05, 0) is 36.6 Å². The Labute approximate surface area is 123 Å². The molecule has 4 nitrogen and oxygen atoms in total. The Morgan fingerprint density at radius 2 is 2.20 bits per heavy atom. The first-order chi connectivity index (χ1) is 9.62. The van der Waals surface area contributed by atoms with Crippen LogP contribution in [0.2, 0.25) is 5.02 Å². The van der Waals surface area contributed by atoms with E-state index in [0.29, 0.717) is 11.4 Å². The highest BCUT2D eigenvalue weighted by Gasteiger charge is 2.38. The summed E-state index contributed by atoms with van der Waals surface area (Å²) in [7, 11) is 0. The Morgan fingerprint density at radius 1 is 1.45 bits per heavy atom. The first-order valence-electron chi connectivity index (χ1n) is 7.00. The molecule has 1 aromatic rings. The van der Waals surface area contributed by atoms with Gasteiger partial charge in [-0.1, -0.05) is 24.4 Å². The number of amides is 1. The minimum Gasteiger partial charge on any atom is -0.480 e. The average molecular weight is 296 g/mol. The van der Waals surface area contributed by atoms with Crippen molar-refractivity contribution in [3.63, 3.8) is 0 Å². The van der Waals surface area contributed by atoms with Crippen molar-refractivity contribution < 1.29 is 14.6 Å². The molecule has 1 unspecified atom stereocenters. The number of benzene rings is 1. The standard InChI is InChI=1S/C15H18ClNO3/c16-11-3-4-12-10(7-11)8-13(20-12)14(19)17-15(9-18)5-1-2-6-15/h3-4,7,13,18H,1-2,5-6,8-9H2,(H,17,19). The summed E-state index contributed by atoms with van der Waals surface area (Å²) in [4.78, 5) is 12.3. The summed E-state index contributed by atoms with van der Waals surface area (Å²) in [5.41, 5.74) is 0.509.